The van der Waals surface area contributed by atoms with E-state index >= 15 is 0 Å². The predicted octanol–water partition coefficient (Wildman–Crippen LogP) is 5.70. The number of carbonyl (C=O) groups is 1. The molecule has 4 heterocycles. The van der Waals surface area contributed by atoms with Crippen molar-refractivity contribution in [2.75, 3.05) is 5.73 Å². The van der Waals surface area contributed by atoms with Crippen molar-refractivity contribution in [3.05, 3.63) is 113 Å². The molecule has 0 amide bonds. The monoisotopic (exact) mass is 545 g/mol. The maximum absolute atomic E-state index is 13.6. The van der Waals surface area contributed by atoms with Gasteiger partial charge in [0.1, 0.15) is 17.3 Å². The molecule has 6 aromatic rings. The Bertz CT molecular complexity index is 1840. The van der Waals surface area contributed by atoms with Gasteiger partial charge in [-0.2, -0.15) is 10.2 Å². The standard InChI is InChI=1S/C32H31N7O2/c1-20-15-35-38(16-20)17-24-4-6-25(7-5-24)18-39-19-28(31(36-39)30-21(2)37-41-22(30)3)29(40)11-9-23-8-10-27-26(14-23)12-13-34-32(27)33/h4-8,10,12-16,19H,9,11,17-18H2,1-3H3,(H2,33,34). The highest BCUT2D eigenvalue weighted by Crippen LogP contribution is 2.30. The first-order chi connectivity index (χ1) is 19.8. The highest BCUT2D eigenvalue weighted by molar-refractivity contribution is 6.02. The van der Waals surface area contributed by atoms with Gasteiger partial charge in [-0.1, -0.05) is 47.6 Å². The lowest BCUT2D eigenvalue weighted by atomic mass is 9.98. The van der Waals surface area contributed by atoms with E-state index in [-0.39, 0.29) is 5.78 Å². The van der Waals surface area contributed by atoms with Crippen LogP contribution in [0.4, 0.5) is 5.82 Å². The number of pyridine rings is 1. The van der Waals surface area contributed by atoms with Gasteiger partial charge in [-0.25, -0.2) is 4.98 Å². The van der Waals surface area contributed by atoms with Crippen LogP contribution in [-0.2, 0) is 19.5 Å². The summed E-state index contributed by atoms with van der Waals surface area (Å²) in [6.45, 7) is 6.99. The smallest absolute Gasteiger partial charge is 0.167 e. The van der Waals surface area contributed by atoms with E-state index in [1.54, 1.807) is 6.20 Å². The highest BCUT2D eigenvalue weighted by atomic mass is 16.5. The zero-order valence-corrected chi connectivity index (χ0v) is 23.3. The average molecular weight is 546 g/mol. The Labute approximate surface area is 237 Å². The van der Waals surface area contributed by atoms with Crippen LogP contribution in [0.5, 0.6) is 0 Å². The number of nitrogens with zero attached hydrogens (tertiary/aromatic N) is 6. The molecule has 9 heteroatoms. The minimum absolute atomic E-state index is 0.0189. The van der Waals surface area contributed by atoms with Gasteiger partial charge in [-0.3, -0.25) is 14.2 Å². The molecule has 0 spiro atoms. The fourth-order valence-electron chi connectivity index (χ4n) is 5.19. The number of Topliss-reactive ketones (excluding diaryl/α,β-unsaturated/α-hetero) is 1. The third-order valence-electron chi connectivity index (χ3n) is 7.31. The van der Waals surface area contributed by atoms with E-state index in [1.807, 2.05) is 66.9 Å². The molecule has 0 radical (unpaired) electrons. The van der Waals surface area contributed by atoms with Crippen LogP contribution in [0.2, 0.25) is 0 Å². The number of nitrogen functional groups attached to an aromatic ring is 1. The molecule has 41 heavy (non-hydrogen) atoms. The number of carbonyl (C=O) groups excluding carboxylic acids is 1. The number of rotatable bonds is 9. The first-order valence-corrected chi connectivity index (χ1v) is 13.6. The van der Waals surface area contributed by atoms with Gasteiger partial charge in [0.05, 0.1) is 36.1 Å². The molecule has 0 aliphatic rings. The third-order valence-corrected chi connectivity index (χ3v) is 7.31. The zero-order valence-electron chi connectivity index (χ0n) is 23.3. The second-order valence-electron chi connectivity index (χ2n) is 10.5. The average Bonchev–Trinajstić information content (AvgIpc) is 3.66. The van der Waals surface area contributed by atoms with Crippen LogP contribution in [0.15, 0.2) is 77.8 Å². The predicted molar refractivity (Wildman–Crippen MR) is 158 cm³/mol. The molecule has 0 aliphatic heterocycles. The lowest BCUT2D eigenvalue weighted by Crippen LogP contribution is -2.03. The Balaban J connectivity index is 1.23. The topological polar surface area (TPSA) is 118 Å². The van der Waals surface area contributed by atoms with Crippen molar-refractivity contribution < 1.29 is 9.32 Å². The number of aryl methyl sites for hydroxylation is 4. The Hall–Kier alpha value is -5.05. The van der Waals surface area contributed by atoms with Crippen LogP contribution in [0, 0.1) is 20.8 Å². The van der Waals surface area contributed by atoms with E-state index < -0.39 is 0 Å². The summed E-state index contributed by atoms with van der Waals surface area (Å²) in [7, 11) is 0. The molecule has 206 valence electrons. The van der Waals surface area contributed by atoms with Gasteiger partial charge in [0.2, 0.25) is 0 Å². The Morgan fingerprint density at radius 2 is 1.66 bits per heavy atom. The molecule has 0 unspecified atom stereocenters. The molecule has 2 N–H and O–H groups in total. The van der Waals surface area contributed by atoms with Crippen LogP contribution in [-0.4, -0.2) is 35.5 Å². The number of benzene rings is 2. The summed E-state index contributed by atoms with van der Waals surface area (Å²) in [5.74, 6) is 1.16. The van der Waals surface area contributed by atoms with Crippen molar-refractivity contribution in [3.8, 4) is 11.3 Å². The second kappa shape index (κ2) is 10.8. The van der Waals surface area contributed by atoms with E-state index in [2.05, 4.69) is 45.6 Å². The number of hydrogen-bond donors (Lipinski definition) is 1. The SMILES string of the molecule is Cc1cnn(Cc2ccc(Cn3cc(C(=O)CCc4ccc5c(N)nccc5c4)c(-c4c(C)noc4C)n3)cc2)c1. The third kappa shape index (κ3) is 5.51. The summed E-state index contributed by atoms with van der Waals surface area (Å²) < 4.78 is 9.17. The Morgan fingerprint density at radius 3 is 2.34 bits per heavy atom. The fourth-order valence-corrected chi connectivity index (χ4v) is 5.19. The maximum atomic E-state index is 13.6. The Kier molecular flexibility index (Phi) is 6.93. The number of ketones is 1. The number of hydrogen-bond acceptors (Lipinski definition) is 7. The van der Waals surface area contributed by atoms with Gasteiger partial charge in [-0.05, 0) is 60.9 Å². The van der Waals surface area contributed by atoms with Crippen molar-refractivity contribution in [2.24, 2.45) is 0 Å². The summed E-state index contributed by atoms with van der Waals surface area (Å²) in [5, 5.41) is 15.2. The van der Waals surface area contributed by atoms with E-state index in [9.17, 15) is 4.79 Å². The van der Waals surface area contributed by atoms with Gasteiger partial charge in [0.15, 0.2) is 5.78 Å². The van der Waals surface area contributed by atoms with Crippen molar-refractivity contribution in [1.29, 1.82) is 0 Å². The summed E-state index contributed by atoms with van der Waals surface area (Å²) >= 11 is 0. The normalized spacial score (nSPS) is 11.4. The molecule has 9 nitrogen and oxygen atoms in total. The molecular formula is C32H31N7O2. The van der Waals surface area contributed by atoms with Gasteiger partial charge >= 0.3 is 0 Å². The molecule has 2 aromatic carbocycles. The fraction of sp³-hybridized carbons (Fsp3) is 0.219. The van der Waals surface area contributed by atoms with E-state index in [4.69, 9.17) is 15.4 Å². The lowest BCUT2D eigenvalue weighted by Gasteiger charge is -2.06. The lowest BCUT2D eigenvalue weighted by molar-refractivity contribution is 0.0983. The van der Waals surface area contributed by atoms with E-state index in [0.717, 1.165) is 38.6 Å². The van der Waals surface area contributed by atoms with Gasteiger partial charge in [-0.15, -0.1) is 0 Å². The number of fused-ring (bicyclic) bond motifs is 1. The first-order valence-electron chi connectivity index (χ1n) is 13.6. The second-order valence-corrected chi connectivity index (χ2v) is 10.5. The van der Waals surface area contributed by atoms with E-state index in [0.29, 0.717) is 54.5 Å². The molecular weight excluding hydrogens is 514 g/mol. The van der Waals surface area contributed by atoms with Crippen LogP contribution < -0.4 is 5.73 Å². The summed E-state index contributed by atoms with van der Waals surface area (Å²) in [4.78, 5) is 17.8. The molecule has 0 atom stereocenters. The summed E-state index contributed by atoms with van der Waals surface area (Å²) in [5.41, 5.74) is 13.1. The van der Waals surface area contributed by atoms with Crippen LogP contribution in [0.1, 0.15) is 50.5 Å². The largest absolute Gasteiger partial charge is 0.383 e. The molecule has 0 fully saturated rings. The van der Waals surface area contributed by atoms with Crippen molar-refractivity contribution in [3.63, 3.8) is 0 Å². The van der Waals surface area contributed by atoms with E-state index in [1.165, 1.54) is 0 Å². The summed E-state index contributed by atoms with van der Waals surface area (Å²) in [6.07, 6.45) is 8.37. The number of aromatic nitrogens is 6. The van der Waals surface area contributed by atoms with Gasteiger partial charge < -0.3 is 10.3 Å². The van der Waals surface area contributed by atoms with Crippen molar-refractivity contribution in [1.82, 2.24) is 29.7 Å². The molecule has 0 saturated carbocycles. The minimum atomic E-state index is 0.0189. The highest BCUT2D eigenvalue weighted by Gasteiger charge is 2.23. The Morgan fingerprint density at radius 1 is 0.927 bits per heavy atom. The number of anilines is 1. The molecule has 0 saturated heterocycles. The van der Waals surface area contributed by atoms with Crippen LogP contribution in [0.3, 0.4) is 0 Å². The van der Waals surface area contributed by atoms with Gasteiger partial charge in [0, 0.05) is 30.4 Å². The van der Waals surface area contributed by atoms with Gasteiger partial charge in [0.25, 0.3) is 0 Å². The maximum Gasteiger partial charge on any atom is 0.167 e. The van der Waals surface area contributed by atoms with Crippen molar-refractivity contribution in [2.45, 2.75) is 46.7 Å². The first kappa shape index (κ1) is 26.2. The molecule has 0 bridgehead atoms. The quantitative estimate of drug-likeness (QED) is 0.232. The molecule has 6 rings (SSSR count). The minimum Gasteiger partial charge on any atom is -0.383 e. The zero-order chi connectivity index (χ0) is 28.5. The van der Waals surface area contributed by atoms with Crippen LogP contribution >= 0.6 is 0 Å². The number of nitrogens with two attached hydrogens (primary N) is 1. The molecule has 4 aromatic heterocycles. The molecule has 0 aliphatic carbocycles. The van der Waals surface area contributed by atoms with Crippen LogP contribution in [0.25, 0.3) is 22.0 Å². The summed E-state index contributed by atoms with van der Waals surface area (Å²) in [6, 6.07) is 16.3. The van der Waals surface area contributed by atoms with Crippen molar-refractivity contribution >= 4 is 22.4 Å².